The van der Waals surface area contributed by atoms with Crippen LogP contribution in [0.3, 0.4) is 0 Å². The Morgan fingerprint density at radius 2 is 2.27 bits per heavy atom. The Morgan fingerprint density at radius 1 is 1.40 bits per heavy atom. The van der Waals surface area contributed by atoms with Crippen molar-refractivity contribution in [2.45, 2.75) is 31.7 Å². The Labute approximate surface area is 103 Å². The van der Waals surface area contributed by atoms with Crippen LogP contribution in [0, 0.1) is 17.8 Å². The first-order valence-electron chi connectivity index (χ1n) is 5.74. The molecule has 82 valence electrons. The fraction of sp³-hybridized carbons (Fsp3) is 0.667. The molecule has 2 aliphatic rings. The van der Waals surface area contributed by atoms with E-state index in [4.69, 9.17) is 5.73 Å². The highest BCUT2D eigenvalue weighted by Gasteiger charge is 2.42. The fourth-order valence-corrected chi connectivity index (χ4v) is 5.19. The second kappa shape index (κ2) is 3.86. The van der Waals surface area contributed by atoms with E-state index in [1.807, 2.05) is 0 Å². The van der Waals surface area contributed by atoms with Crippen LogP contribution >= 0.6 is 27.3 Å². The number of rotatable bonds is 2. The molecule has 0 aliphatic heterocycles. The van der Waals surface area contributed by atoms with Crippen molar-refractivity contribution >= 4 is 27.3 Å². The Bertz CT molecular complexity index is 362. The number of halogens is 1. The van der Waals surface area contributed by atoms with Crippen molar-refractivity contribution in [1.29, 1.82) is 0 Å². The van der Waals surface area contributed by atoms with Crippen molar-refractivity contribution in [3.05, 3.63) is 20.8 Å². The van der Waals surface area contributed by atoms with Crippen molar-refractivity contribution in [2.75, 3.05) is 0 Å². The lowest BCUT2D eigenvalue weighted by Crippen LogP contribution is -2.25. The quantitative estimate of drug-likeness (QED) is 0.875. The fourth-order valence-electron chi connectivity index (χ4n) is 3.47. The van der Waals surface area contributed by atoms with Crippen LogP contribution in [0.15, 0.2) is 15.9 Å². The minimum Gasteiger partial charge on any atom is -0.323 e. The van der Waals surface area contributed by atoms with Crippen LogP contribution in [0.2, 0.25) is 0 Å². The number of nitrogens with two attached hydrogens (primary N) is 1. The SMILES string of the molecule is NC(c1sccc1Br)C1CC2CCC1C2. The molecule has 0 amide bonds. The zero-order valence-electron chi connectivity index (χ0n) is 8.66. The number of hydrogen-bond donors (Lipinski definition) is 1. The van der Waals surface area contributed by atoms with Gasteiger partial charge in [0.1, 0.15) is 0 Å². The van der Waals surface area contributed by atoms with Crippen molar-refractivity contribution < 1.29 is 0 Å². The molecule has 2 aliphatic carbocycles. The maximum atomic E-state index is 6.41. The Morgan fingerprint density at radius 3 is 2.80 bits per heavy atom. The Kier molecular flexibility index (Phi) is 2.65. The van der Waals surface area contributed by atoms with Gasteiger partial charge in [0.15, 0.2) is 0 Å². The highest BCUT2D eigenvalue weighted by Crippen LogP contribution is 2.52. The van der Waals surface area contributed by atoms with Gasteiger partial charge in [0.05, 0.1) is 0 Å². The molecule has 2 saturated carbocycles. The average molecular weight is 286 g/mol. The van der Waals surface area contributed by atoms with Gasteiger partial charge in [-0.3, -0.25) is 0 Å². The van der Waals surface area contributed by atoms with Gasteiger partial charge in [0.2, 0.25) is 0 Å². The van der Waals surface area contributed by atoms with E-state index in [9.17, 15) is 0 Å². The maximum absolute atomic E-state index is 6.41. The van der Waals surface area contributed by atoms with Crippen molar-refractivity contribution in [1.82, 2.24) is 0 Å². The van der Waals surface area contributed by atoms with Crippen LogP contribution in [0.4, 0.5) is 0 Å². The van der Waals surface area contributed by atoms with E-state index in [0.29, 0.717) is 0 Å². The van der Waals surface area contributed by atoms with Crippen molar-refractivity contribution in [3.8, 4) is 0 Å². The third-order valence-electron chi connectivity index (χ3n) is 4.20. The minimum atomic E-state index is 0.273. The van der Waals surface area contributed by atoms with Gasteiger partial charge in [-0.1, -0.05) is 6.42 Å². The molecule has 0 aromatic carbocycles. The van der Waals surface area contributed by atoms with E-state index < -0.39 is 0 Å². The summed E-state index contributed by atoms with van der Waals surface area (Å²) in [5.41, 5.74) is 6.41. The Balaban J connectivity index is 1.81. The maximum Gasteiger partial charge on any atom is 0.0432 e. The molecule has 3 rings (SSSR count). The molecule has 2 N–H and O–H groups in total. The van der Waals surface area contributed by atoms with Gasteiger partial charge < -0.3 is 5.73 Å². The first-order chi connectivity index (χ1) is 7.25. The molecule has 2 bridgehead atoms. The molecule has 4 atom stereocenters. The van der Waals surface area contributed by atoms with Crippen LogP contribution in [-0.4, -0.2) is 0 Å². The van der Waals surface area contributed by atoms with Gasteiger partial charge in [-0.05, 0) is 64.4 Å². The highest BCUT2D eigenvalue weighted by molar-refractivity contribution is 9.10. The smallest absolute Gasteiger partial charge is 0.0432 e. The van der Waals surface area contributed by atoms with E-state index >= 15 is 0 Å². The monoisotopic (exact) mass is 285 g/mol. The molecule has 0 saturated heterocycles. The van der Waals surface area contributed by atoms with Gasteiger partial charge in [-0.15, -0.1) is 11.3 Å². The standard InChI is InChI=1S/C12H16BrNS/c13-10-3-4-15-12(10)11(14)9-6-7-1-2-8(9)5-7/h3-4,7-9,11H,1-2,5-6,14H2. The molecule has 1 aromatic heterocycles. The first kappa shape index (κ1) is 10.3. The van der Waals surface area contributed by atoms with Gasteiger partial charge in [0.25, 0.3) is 0 Å². The van der Waals surface area contributed by atoms with Crippen LogP contribution in [-0.2, 0) is 0 Å². The van der Waals surface area contributed by atoms with Crippen LogP contribution < -0.4 is 5.73 Å². The minimum absolute atomic E-state index is 0.273. The number of fused-ring (bicyclic) bond motifs is 2. The molecular weight excluding hydrogens is 270 g/mol. The van der Waals surface area contributed by atoms with E-state index in [1.54, 1.807) is 11.3 Å². The topological polar surface area (TPSA) is 26.0 Å². The number of hydrogen-bond acceptors (Lipinski definition) is 2. The number of thiophene rings is 1. The third kappa shape index (κ3) is 1.69. The average Bonchev–Trinajstić information content (AvgIpc) is 2.91. The summed E-state index contributed by atoms with van der Waals surface area (Å²) in [5.74, 6) is 2.66. The lowest BCUT2D eigenvalue weighted by atomic mass is 9.83. The predicted octanol–water partition coefficient (Wildman–Crippen LogP) is 3.95. The van der Waals surface area contributed by atoms with Crippen molar-refractivity contribution in [2.24, 2.45) is 23.5 Å². The summed E-state index contributed by atoms with van der Waals surface area (Å²) in [6, 6.07) is 2.39. The van der Waals surface area contributed by atoms with Crippen molar-refractivity contribution in [3.63, 3.8) is 0 Å². The molecule has 1 heterocycles. The molecule has 0 spiro atoms. The lowest BCUT2D eigenvalue weighted by molar-refractivity contribution is 0.286. The molecule has 1 nitrogen and oxygen atoms in total. The first-order valence-corrected chi connectivity index (χ1v) is 7.41. The lowest BCUT2D eigenvalue weighted by Gasteiger charge is -2.27. The van der Waals surface area contributed by atoms with Crippen LogP contribution in [0.25, 0.3) is 0 Å². The zero-order chi connectivity index (χ0) is 10.4. The predicted molar refractivity (Wildman–Crippen MR) is 67.9 cm³/mol. The van der Waals surface area contributed by atoms with Gasteiger partial charge in [0, 0.05) is 15.4 Å². The van der Waals surface area contributed by atoms with Crippen LogP contribution in [0.1, 0.15) is 36.6 Å². The molecule has 3 heteroatoms. The largest absolute Gasteiger partial charge is 0.323 e. The molecule has 15 heavy (non-hydrogen) atoms. The summed E-state index contributed by atoms with van der Waals surface area (Å²) in [6.07, 6.45) is 5.70. The summed E-state index contributed by atoms with van der Waals surface area (Å²) in [5, 5.41) is 2.13. The molecule has 0 radical (unpaired) electrons. The van der Waals surface area contributed by atoms with Gasteiger partial charge >= 0.3 is 0 Å². The van der Waals surface area contributed by atoms with E-state index in [0.717, 1.165) is 17.8 Å². The van der Waals surface area contributed by atoms with Gasteiger partial charge in [-0.25, -0.2) is 0 Å². The second-order valence-corrected chi connectivity index (χ2v) is 6.80. The highest BCUT2D eigenvalue weighted by atomic mass is 79.9. The molecule has 1 aromatic rings. The summed E-state index contributed by atoms with van der Waals surface area (Å²) in [7, 11) is 0. The second-order valence-electron chi connectivity index (χ2n) is 5.00. The third-order valence-corrected chi connectivity index (χ3v) is 6.17. The molecule has 2 fully saturated rings. The van der Waals surface area contributed by atoms with Gasteiger partial charge in [-0.2, -0.15) is 0 Å². The van der Waals surface area contributed by atoms with E-state index in [1.165, 1.54) is 35.0 Å². The summed E-state index contributed by atoms with van der Waals surface area (Å²) in [4.78, 5) is 1.35. The summed E-state index contributed by atoms with van der Waals surface area (Å²) < 4.78 is 1.21. The molecule has 4 unspecified atom stereocenters. The van der Waals surface area contributed by atoms with E-state index in [-0.39, 0.29) is 6.04 Å². The summed E-state index contributed by atoms with van der Waals surface area (Å²) in [6.45, 7) is 0. The molecular formula is C12H16BrNS. The zero-order valence-corrected chi connectivity index (χ0v) is 11.1. The normalized spacial score (nSPS) is 36.0. The summed E-state index contributed by atoms with van der Waals surface area (Å²) >= 11 is 5.40. The van der Waals surface area contributed by atoms with Crippen LogP contribution in [0.5, 0.6) is 0 Å². The Hall–Kier alpha value is 0.140. The van der Waals surface area contributed by atoms with E-state index in [2.05, 4.69) is 27.4 Å².